The number of para-hydroxylation sites is 2. The molecule has 38 heavy (non-hydrogen) atoms. The maximum Gasteiger partial charge on any atom is 0.307 e. The standard InChI is InChI=1S/C29H27N5O4/c30-29(32-18-20-8-2-1-3-9-20)33-23-12-6-10-21(16-23)28(37)34-24-13-4-5-14-25(24)38-26(17-27(35)36)22-11-7-15-31-19-22/h1-16,19,26H,17-18H2,(H,34,37)(H,35,36)(H3,30,32,33). The molecule has 0 fully saturated rings. The number of amides is 1. The Morgan fingerprint density at radius 3 is 2.47 bits per heavy atom. The van der Waals surface area contributed by atoms with Crippen molar-refractivity contribution in [2.24, 2.45) is 0 Å². The van der Waals surface area contributed by atoms with E-state index in [0.29, 0.717) is 34.8 Å². The molecule has 5 N–H and O–H groups in total. The van der Waals surface area contributed by atoms with Crippen LogP contribution in [-0.2, 0) is 11.3 Å². The Morgan fingerprint density at radius 1 is 0.921 bits per heavy atom. The van der Waals surface area contributed by atoms with E-state index in [9.17, 15) is 14.7 Å². The van der Waals surface area contributed by atoms with Gasteiger partial charge in [0.1, 0.15) is 11.9 Å². The molecule has 0 aliphatic rings. The Hall–Kier alpha value is -5.18. The van der Waals surface area contributed by atoms with Gasteiger partial charge in [-0.2, -0.15) is 0 Å². The number of ether oxygens (including phenoxy) is 1. The zero-order valence-corrected chi connectivity index (χ0v) is 20.4. The summed E-state index contributed by atoms with van der Waals surface area (Å²) in [4.78, 5) is 28.6. The van der Waals surface area contributed by atoms with Gasteiger partial charge in [0.25, 0.3) is 5.91 Å². The second-order valence-corrected chi connectivity index (χ2v) is 8.36. The predicted octanol–water partition coefficient (Wildman–Crippen LogP) is 5.07. The maximum atomic E-state index is 13.1. The van der Waals surface area contributed by atoms with Gasteiger partial charge in [0, 0.05) is 35.8 Å². The molecule has 9 nitrogen and oxygen atoms in total. The van der Waals surface area contributed by atoms with Gasteiger partial charge in [0.05, 0.1) is 12.1 Å². The minimum Gasteiger partial charge on any atom is -0.483 e. The third-order valence-corrected chi connectivity index (χ3v) is 5.53. The minimum atomic E-state index is -1.02. The molecule has 0 spiro atoms. The van der Waals surface area contributed by atoms with Crippen LogP contribution in [0.2, 0.25) is 0 Å². The zero-order valence-electron chi connectivity index (χ0n) is 20.4. The smallest absolute Gasteiger partial charge is 0.307 e. The van der Waals surface area contributed by atoms with Gasteiger partial charge in [-0.1, -0.05) is 54.6 Å². The highest BCUT2D eigenvalue weighted by Crippen LogP contribution is 2.31. The average Bonchev–Trinajstić information content (AvgIpc) is 2.93. The Kier molecular flexibility index (Phi) is 8.64. The van der Waals surface area contributed by atoms with Gasteiger partial charge in [0.15, 0.2) is 5.96 Å². The van der Waals surface area contributed by atoms with Crippen LogP contribution in [0.5, 0.6) is 5.75 Å². The van der Waals surface area contributed by atoms with E-state index in [0.717, 1.165) is 5.56 Å². The number of benzene rings is 3. The molecule has 0 radical (unpaired) electrons. The minimum absolute atomic E-state index is 0.102. The number of hydrogen-bond donors (Lipinski definition) is 5. The Morgan fingerprint density at radius 2 is 1.71 bits per heavy atom. The lowest BCUT2D eigenvalue weighted by atomic mass is 10.1. The van der Waals surface area contributed by atoms with Gasteiger partial charge in [0.2, 0.25) is 0 Å². The molecule has 1 aromatic heterocycles. The van der Waals surface area contributed by atoms with Crippen LogP contribution in [0.1, 0.15) is 34.0 Å². The predicted molar refractivity (Wildman–Crippen MR) is 145 cm³/mol. The molecule has 0 saturated carbocycles. The van der Waals surface area contributed by atoms with Gasteiger partial charge < -0.3 is 25.8 Å². The lowest BCUT2D eigenvalue weighted by molar-refractivity contribution is -0.138. The number of carboxylic acid groups (broad SMARTS) is 1. The van der Waals surface area contributed by atoms with Crippen LogP contribution >= 0.6 is 0 Å². The Balaban J connectivity index is 1.43. The number of pyridine rings is 1. The summed E-state index contributed by atoms with van der Waals surface area (Å²) >= 11 is 0. The number of carbonyl (C=O) groups is 2. The summed E-state index contributed by atoms with van der Waals surface area (Å²) in [6.07, 6.45) is 2.09. The third kappa shape index (κ3) is 7.41. The van der Waals surface area contributed by atoms with Crippen LogP contribution in [0.3, 0.4) is 0 Å². The Labute approximate surface area is 220 Å². The van der Waals surface area contributed by atoms with E-state index in [1.165, 1.54) is 0 Å². The molecule has 9 heteroatoms. The van der Waals surface area contributed by atoms with Crippen LogP contribution in [0.4, 0.5) is 11.4 Å². The van der Waals surface area contributed by atoms with E-state index < -0.39 is 12.1 Å². The van der Waals surface area contributed by atoms with Crippen molar-refractivity contribution in [3.8, 4) is 5.75 Å². The summed E-state index contributed by atoms with van der Waals surface area (Å²) in [7, 11) is 0. The number of aromatic nitrogens is 1. The highest BCUT2D eigenvalue weighted by molar-refractivity contribution is 6.06. The number of carbonyl (C=O) groups excluding carboxylic acids is 1. The number of anilines is 2. The van der Waals surface area contributed by atoms with E-state index in [1.54, 1.807) is 73.1 Å². The highest BCUT2D eigenvalue weighted by atomic mass is 16.5. The quantitative estimate of drug-likeness (QED) is 0.149. The van der Waals surface area contributed by atoms with Crippen molar-refractivity contribution in [1.29, 1.82) is 5.41 Å². The topological polar surface area (TPSA) is 136 Å². The molecule has 192 valence electrons. The van der Waals surface area contributed by atoms with Gasteiger partial charge in [-0.25, -0.2) is 0 Å². The normalized spacial score (nSPS) is 11.2. The number of carboxylic acids is 1. The summed E-state index contributed by atoms with van der Waals surface area (Å²) in [5, 5.41) is 26.3. The lowest BCUT2D eigenvalue weighted by Gasteiger charge is -2.20. The van der Waals surface area contributed by atoms with Crippen molar-refractivity contribution in [1.82, 2.24) is 10.3 Å². The first-order valence-corrected chi connectivity index (χ1v) is 11.9. The molecule has 1 atom stereocenters. The van der Waals surface area contributed by atoms with Crippen molar-refractivity contribution in [3.63, 3.8) is 0 Å². The molecule has 0 saturated heterocycles. The van der Waals surface area contributed by atoms with Gasteiger partial charge in [-0.3, -0.25) is 20.0 Å². The first-order valence-electron chi connectivity index (χ1n) is 11.9. The molecular weight excluding hydrogens is 482 g/mol. The summed E-state index contributed by atoms with van der Waals surface area (Å²) in [5.41, 5.74) is 2.99. The van der Waals surface area contributed by atoms with E-state index in [1.807, 2.05) is 30.3 Å². The van der Waals surface area contributed by atoms with Gasteiger partial charge >= 0.3 is 5.97 Å². The van der Waals surface area contributed by atoms with Crippen LogP contribution in [-0.4, -0.2) is 27.9 Å². The van der Waals surface area contributed by atoms with E-state index in [4.69, 9.17) is 10.1 Å². The molecule has 1 heterocycles. The second kappa shape index (κ2) is 12.7. The van der Waals surface area contributed by atoms with Crippen molar-refractivity contribution >= 4 is 29.2 Å². The summed E-state index contributed by atoms with van der Waals surface area (Å²) in [6.45, 7) is 0.492. The van der Waals surface area contributed by atoms with Crippen LogP contribution in [0.15, 0.2) is 103 Å². The molecule has 4 rings (SSSR count). The maximum absolute atomic E-state index is 13.1. The fourth-order valence-corrected chi connectivity index (χ4v) is 3.69. The molecule has 0 bridgehead atoms. The highest BCUT2D eigenvalue weighted by Gasteiger charge is 2.20. The molecule has 0 aliphatic carbocycles. The van der Waals surface area contributed by atoms with Crippen molar-refractivity contribution in [3.05, 3.63) is 120 Å². The molecule has 3 aromatic carbocycles. The number of hydrogen-bond acceptors (Lipinski definition) is 5. The number of nitrogens with zero attached hydrogens (tertiary/aromatic N) is 1. The number of aliphatic carboxylic acids is 1. The van der Waals surface area contributed by atoms with E-state index in [2.05, 4.69) is 20.9 Å². The Bertz CT molecular complexity index is 1400. The van der Waals surface area contributed by atoms with Crippen molar-refractivity contribution in [2.75, 3.05) is 10.6 Å². The van der Waals surface area contributed by atoms with Crippen molar-refractivity contribution in [2.45, 2.75) is 19.1 Å². The average molecular weight is 510 g/mol. The molecule has 4 aromatic rings. The second-order valence-electron chi connectivity index (χ2n) is 8.36. The van der Waals surface area contributed by atoms with Crippen LogP contribution < -0.4 is 20.7 Å². The molecule has 0 aliphatic heterocycles. The largest absolute Gasteiger partial charge is 0.483 e. The fourth-order valence-electron chi connectivity index (χ4n) is 3.69. The van der Waals surface area contributed by atoms with E-state index >= 15 is 0 Å². The van der Waals surface area contributed by atoms with Gasteiger partial charge in [-0.15, -0.1) is 0 Å². The summed E-state index contributed by atoms with van der Waals surface area (Å²) < 4.78 is 6.03. The van der Waals surface area contributed by atoms with Gasteiger partial charge in [-0.05, 0) is 42.0 Å². The first-order chi connectivity index (χ1) is 18.5. The first kappa shape index (κ1) is 25.9. The van der Waals surface area contributed by atoms with Crippen LogP contribution in [0.25, 0.3) is 0 Å². The monoisotopic (exact) mass is 509 g/mol. The molecule has 1 amide bonds. The third-order valence-electron chi connectivity index (χ3n) is 5.53. The van der Waals surface area contributed by atoms with Crippen LogP contribution in [0, 0.1) is 5.41 Å². The van der Waals surface area contributed by atoms with Crippen molar-refractivity contribution < 1.29 is 19.4 Å². The lowest BCUT2D eigenvalue weighted by Crippen LogP contribution is -2.29. The SMILES string of the molecule is N=C(NCc1ccccc1)Nc1cccc(C(=O)Nc2ccccc2OC(CC(=O)O)c2cccnc2)c1. The number of guanidine groups is 1. The number of nitrogens with one attached hydrogen (secondary N) is 4. The fraction of sp³-hybridized carbons (Fsp3) is 0.103. The molecular formula is C29H27N5O4. The summed E-state index contributed by atoms with van der Waals surface area (Å²) in [6, 6.07) is 26.8. The van der Waals surface area contributed by atoms with E-state index in [-0.39, 0.29) is 18.3 Å². The number of rotatable bonds is 10. The molecule has 1 unspecified atom stereocenters. The zero-order chi connectivity index (χ0) is 26.7. The summed E-state index contributed by atoms with van der Waals surface area (Å²) in [5.74, 6) is -0.972.